The molecule has 2 aromatic carbocycles. The molecule has 0 N–H and O–H groups in total. The smallest absolute Gasteiger partial charge is 1.00 e. The van der Waals surface area contributed by atoms with Gasteiger partial charge in [-0.1, -0.05) is 0 Å². The van der Waals surface area contributed by atoms with Crippen LogP contribution in [0.15, 0.2) is 64.0 Å². The molecule has 2 aliphatic carbocycles. The van der Waals surface area contributed by atoms with Gasteiger partial charge in [0.25, 0.3) is 0 Å². The van der Waals surface area contributed by atoms with Crippen molar-refractivity contribution in [3.05, 3.63) is 75.1 Å². The number of allylic oxidation sites excluding steroid dienone is 4. The molecule has 0 atom stereocenters. The van der Waals surface area contributed by atoms with E-state index in [4.69, 9.17) is 0 Å². The Kier molecular flexibility index (Phi) is 5.98. The number of hydrogen-bond acceptors (Lipinski definition) is 0. The van der Waals surface area contributed by atoms with Crippen LogP contribution in [0.3, 0.4) is 0 Å². The van der Waals surface area contributed by atoms with Gasteiger partial charge >= 0.3 is 141 Å². The molecular formula is C21H20F2Zr. The Morgan fingerprint density at radius 2 is 1.67 bits per heavy atom. The third-order valence-corrected chi connectivity index (χ3v) is 12.1. The van der Waals surface area contributed by atoms with Crippen molar-refractivity contribution in [3.8, 4) is 11.1 Å². The van der Waals surface area contributed by atoms with Gasteiger partial charge in [-0.15, -0.1) is 0 Å². The summed E-state index contributed by atoms with van der Waals surface area (Å²) in [5.41, 5.74) is 6.06. The third-order valence-electron chi connectivity index (χ3n) is 4.71. The van der Waals surface area contributed by atoms with E-state index in [-0.39, 0.29) is 9.41 Å². The summed E-state index contributed by atoms with van der Waals surface area (Å²) < 4.78 is 5.11. The second-order valence-electron chi connectivity index (χ2n) is 6.36. The van der Waals surface area contributed by atoms with E-state index in [0.29, 0.717) is 0 Å². The van der Waals surface area contributed by atoms with Gasteiger partial charge in [0.2, 0.25) is 0 Å². The molecule has 24 heavy (non-hydrogen) atoms. The first-order valence-corrected chi connectivity index (χ1v) is 11.7. The normalized spacial score (nSPS) is 13.0. The molecule has 4 rings (SSSR count). The Morgan fingerprint density at radius 3 is 2.38 bits per heavy atom. The van der Waals surface area contributed by atoms with Gasteiger partial charge in [-0.05, 0) is 0 Å². The van der Waals surface area contributed by atoms with Gasteiger partial charge in [0, 0.05) is 0 Å². The zero-order chi connectivity index (χ0) is 15.1. The van der Waals surface area contributed by atoms with Crippen molar-refractivity contribution >= 4 is 6.48 Å². The molecule has 0 heterocycles. The summed E-state index contributed by atoms with van der Waals surface area (Å²) in [6, 6.07) is 15.9. The minimum atomic E-state index is -1.86. The fourth-order valence-corrected chi connectivity index (χ4v) is 10.9. The molecule has 0 nitrogen and oxygen atoms in total. The zero-order valence-corrected chi connectivity index (χ0v) is 16.4. The summed E-state index contributed by atoms with van der Waals surface area (Å²) in [7, 11) is 0. The van der Waals surface area contributed by atoms with E-state index in [0.717, 1.165) is 6.42 Å². The maximum absolute atomic E-state index is 2.42. The number of fused-ring (bicyclic) bond motifs is 3. The monoisotopic (exact) mass is 400 g/mol. The van der Waals surface area contributed by atoms with E-state index in [1.807, 2.05) is 0 Å². The molecule has 2 aromatic rings. The first kappa shape index (κ1) is 18.9. The van der Waals surface area contributed by atoms with Crippen molar-refractivity contribution in [2.24, 2.45) is 0 Å². The average Bonchev–Trinajstić information content (AvgIpc) is 3.15. The number of benzene rings is 2. The summed E-state index contributed by atoms with van der Waals surface area (Å²) in [5.74, 6) is 0. The van der Waals surface area contributed by atoms with Gasteiger partial charge in [-0.2, -0.15) is 0 Å². The number of hydrogen-bond donors (Lipinski definition) is 0. The fraction of sp³-hybridized carbons (Fsp3) is 0.190. The molecule has 0 saturated heterocycles. The van der Waals surface area contributed by atoms with E-state index in [1.54, 1.807) is 15.3 Å². The Labute approximate surface area is 149 Å². The molecule has 122 valence electrons. The van der Waals surface area contributed by atoms with Gasteiger partial charge in [0.15, 0.2) is 0 Å². The molecule has 0 radical (unpaired) electrons. The molecule has 0 saturated carbocycles. The minimum Gasteiger partial charge on any atom is -1.00 e. The van der Waals surface area contributed by atoms with Gasteiger partial charge in [-0.25, -0.2) is 0 Å². The predicted octanol–water partition coefficient (Wildman–Crippen LogP) is -1.43. The molecule has 0 fully saturated rings. The summed E-state index contributed by atoms with van der Waals surface area (Å²) in [4.78, 5) is 0. The molecular weight excluding hydrogens is 381 g/mol. The number of rotatable bonds is 2. The maximum Gasteiger partial charge on any atom is -1.00 e. The summed E-state index contributed by atoms with van der Waals surface area (Å²) in [6.07, 6.45) is 9.26. The molecule has 0 bridgehead atoms. The average molecular weight is 402 g/mol. The first-order valence-electron chi connectivity index (χ1n) is 8.00. The van der Waals surface area contributed by atoms with E-state index in [9.17, 15) is 0 Å². The van der Waals surface area contributed by atoms with Crippen molar-refractivity contribution in [1.82, 2.24) is 0 Å². The molecule has 0 aromatic heterocycles. The van der Waals surface area contributed by atoms with Crippen LogP contribution in [0.4, 0.5) is 0 Å². The summed E-state index contributed by atoms with van der Waals surface area (Å²) >= 11 is -1.86. The van der Waals surface area contributed by atoms with Crippen LogP contribution in [0.1, 0.15) is 31.4 Å². The molecule has 2 aliphatic rings. The summed E-state index contributed by atoms with van der Waals surface area (Å²) in [6.45, 7) is 4.71. The van der Waals surface area contributed by atoms with Gasteiger partial charge in [-0.3, -0.25) is 0 Å². The molecule has 0 unspecified atom stereocenters. The quantitative estimate of drug-likeness (QED) is 0.494. The van der Waals surface area contributed by atoms with Crippen LogP contribution in [-0.2, 0) is 27.7 Å². The third kappa shape index (κ3) is 3.07. The standard InChI is InChI=1S/C13H9.C5H5.C3H6.2FH.Zr/c1-3-7-12-10(5-1)9-11-6-2-4-8-13(11)12;1-2-4-5-3-1;1-3-2;;;/h1-5,7-8H,9H2;1-3H,4H2;1-2H3;2*1H;/q;;;;;+2/p-2. The second-order valence-corrected chi connectivity index (χ2v) is 13.6. The maximum atomic E-state index is 2.42. The van der Waals surface area contributed by atoms with E-state index in [2.05, 4.69) is 74.5 Å². The zero-order valence-electron chi connectivity index (χ0n) is 13.9. The molecule has 0 aliphatic heterocycles. The Hall–Kier alpha value is -1.47. The van der Waals surface area contributed by atoms with Crippen LogP contribution >= 0.6 is 0 Å². The topological polar surface area (TPSA) is 0 Å². The van der Waals surface area contributed by atoms with Gasteiger partial charge < -0.3 is 9.41 Å². The minimum absolute atomic E-state index is 0. The van der Waals surface area contributed by atoms with Crippen LogP contribution < -0.4 is 12.7 Å². The van der Waals surface area contributed by atoms with E-state index >= 15 is 0 Å². The van der Waals surface area contributed by atoms with Crippen molar-refractivity contribution in [2.45, 2.75) is 26.7 Å². The van der Waals surface area contributed by atoms with Gasteiger partial charge in [0.1, 0.15) is 0 Å². The first-order chi connectivity index (χ1) is 10.8. The molecule has 3 heteroatoms. The summed E-state index contributed by atoms with van der Waals surface area (Å²) in [5, 5.41) is 0. The Bertz CT molecular complexity index is 856. The van der Waals surface area contributed by atoms with Crippen LogP contribution in [0, 0.1) is 0 Å². The predicted molar refractivity (Wildman–Crippen MR) is 92.5 cm³/mol. The fourth-order valence-electron chi connectivity index (χ4n) is 3.79. The van der Waals surface area contributed by atoms with Crippen LogP contribution in [0.2, 0.25) is 0 Å². The largest absolute Gasteiger partial charge is 1.00 e. The van der Waals surface area contributed by atoms with Crippen LogP contribution in [0.25, 0.3) is 11.1 Å². The van der Waals surface area contributed by atoms with Crippen molar-refractivity contribution in [3.63, 3.8) is 0 Å². The van der Waals surface area contributed by atoms with Crippen molar-refractivity contribution in [2.75, 3.05) is 0 Å². The van der Waals surface area contributed by atoms with Crippen LogP contribution in [0.5, 0.6) is 0 Å². The van der Waals surface area contributed by atoms with E-state index in [1.165, 1.54) is 23.1 Å². The second kappa shape index (κ2) is 7.61. The Morgan fingerprint density at radius 1 is 0.917 bits per heavy atom. The number of halogens is 2. The van der Waals surface area contributed by atoms with Crippen molar-refractivity contribution < 1.29 is 30.7 Å². The SMILES string of the molecule is C[C](C)=[Zr+2]([C]1=CC=CC1)[c]1cccc2c1Cc1ccccc1-2.[F-].[F-]. The van der Waals surface area contributed by atoms with Crippen molar-refractivity contribution in [1.29, 1.82) is 0 Å². The molecule has 0 amide bonds. The Balaban J connectivity index is 0.00000104. The molecule has 0 spiro atoms. The van der Waals surface area contributed by atoms with E-state index < -0.39 is 21.3 Å². The van der Waals surface area contributed by atoms with Gasteiger partial charge in [0.05, 0.1) is 0 Å². The van der Waals surface area contributed by atoms with Crippen LogP contribution in [-0.4, -0.2) is 3.21 Å².